The summed E-state index contributed by atoms with van der Waals surface area (Å²) in [6.07, 6.45) is -4.87. The molecule has 3 aromatic rings. The van der Waals surface area contributed by atoms with Crippen molar-refractivity contribution in [1.29, 1.82) is 0 Å². The van der Waals surface area contributed by atoms with Crippen LogP contribution < -0.4 is 9.46 Å². The van der Waals surface area contributed by atoms with Crippen LogP contribution in [0.5, 0.6) is 5.75 Å². The van der Waals surface area contributed by atoms with Gasteiger partial charge in [-0.15, -0.1) is 0 Å². The van der Waals surface area contributed by atoms with E-state index in [-0.39, 0.29) is 52.4 Å². The van der Waals surface area contributed by atoms with Gasteiger partial charge in [-0.25, -0.2) is 8.42 Å². The number of ether oxygens (including phenoxy) is 1. The lowest BCUT2D eigenvalue weighted by Gasteiger charge is -2.38. The second-order valence-electron chi connectivity index (χ2n) is 11.0. The van der Waals surface area contributed by atoms with Crippen LogP contribution in [0.25, 0.3) is 0 Å². The first-order chi connectivity index (χ1) is 20.1. The molecular weight excluding hydrogens is 589 g/mol. The Bertz CT molecular complexity index is 1540. The van der Waals surface area contributed by atoms with Gasteiger partial charge >= 0.3 is 6.18 Å². The fourth-order valence-corrected chi connectivity index (χ4v) is 6.43. The molecule has 3 atom stereocenters. The zero-order chi connectivity index (χ0) is 31.7. The number of carbonyl (C=O) groups is 1. The van der Waals surface area contributed by atoms with Crippen molar-refractivity contribution in [3.05, 3.63) is 70.6 Å². The van der Waals surface area contributed by atoms with E-state index in [9.17, 15) is 31.5 Å². The molecule has 0 aliphatic carbocycles. The highest BCUT2D eigenvalue weighted by Gasteiger charge is 2.34. The fourth-order valence-electron chi connectivity index (χ4n) is 5.05. The third kappa shape index (κ3) is 7.31. The van der Waals surface area contributed by atoms with Crippen molar-refractivity contribution >= 4 is 21.6 Å². The normalized spacial score (nSPS) is 18.6. The van der Waals surface area contributed by atoms with Crippen LogP contribution in [0.15, 0.2) is 51.9 Å². The molecule has 2 N–H and O–H groups in total. The molecule has 0 unspecified atom stereocenters. The lowest BCUT2D eigenvalue weighted by molar-refractivity contribution is -0.137. The summed E-state index contributed by atoms with van der Waals surface area (Å²) >= 11 is 0. The molecule has 234 valence electrons. The topological polar surface area (TPSA) is 125 Å². The molecule has 1 amide bonds. The van der Waals surface area contributed by atoms with Crippen LogP contribution in [0.4, 0.5) is 18.9 Å². The molecule has 2 aromatic carbocycles. The van der Waals surface area contributed by atoms with Gasteiger partial charge in [0.25, 0.3) is 15.9 Å². The maximum Gasteiger partial charge on any atom is 0.416 e. The van der Waals surface area contributed by atoms with Crippen molar-refractivity contribution in [2.45, 2.75) is 57.5 Å². The van der Waals surface area contributed by atoms with Crippen LogP contribution in [-0.4, -0.2) is 73.3 Å². The number of carbonyl (C=O) groups excluding carboxylic acids is 1. The Hall–Kier alpha value is -3.62. The molecule has 4 rings (SSSR count). The number of halogens is 3. The minimum absolute atomic E-state index is 0.0951. The smallest absolute Gasteiger partial charge is 0.416 e. The second-order valence-corrected chi connectivity index (χ2v) is 12.6. The highest BCUT2D eigenvalue weighted by Crippen LogP contribution is 2.33. The average molecular weight is 625 g/mol. The highest BCUT2D eigenvalue weighted by atomic mass is 32.2. The Morgan fingerprint density at radius 1 is 1.19 bits per heavy atom. The molecule has 0 saturated heterocycles. The quantitative estimate of drug-likeness (QED) is 0.358. The van der Waals surface area contributed by atoms with Gasteiger partial charge in [-0.1, -0.05) is 24.2 Å². The average Bonchev–Trinajstić information content (AvgIpc) is 3.28. The molecule has 0 radical (unpaired) electrons. The second kappa shape index (κ2) is 12.5. The number of hydrogen-bond donors (Lipinski definition) is 2. The number of alkyl halides is 3. The van der Waals surface area contributed by atoms with Gasteiger partial charge in [0.2, 0.25) is 0 Å². The van der Waals surface area contributed by atoms with Crippen LogP contribution in [0, 0.1) is 19.8 Å². The van der Waals surface area contributed by atoms with Crippen molar-refractivity contribution < 1.29 is 40.8 Å². The van der Waals surface area contributed by atoms with Crippen molar-refractivity contribution in [1.82, 2.24) is 15.0 Å². The number of nitrogens with zero attached hydrogens (tertiary/aromatic N) is 3. The van der Waals surface area contributed by atoms with Gasteiger partial charge in [0.1, 0.15) is 17.5 Å². The maximum atomic E-state index is 13.7. The molecular formula is C29H35F3N4O6S. The minimum Gasteiger partial charge on any atom is -0.488 e. The first-order valence-corrected chi connectivity index (χ1v) is 15.1. The Labute approximate surface area is 248 Å². The highest BCUT2D eigenvalue weighted by molar-refractivity contribution is 7.92. The van der Waals surface area contributed by atoms with Crippen LogP contribution in [0.2, 0.25) is 0 Å². The van der Waals surface area contributed by atoms with Gasteiger partial charge < -0.3 is 19.3 Å². The van der Waals surface area contributed by atoms with Crippen LogP contribution in [0.1, 0.15) is 46.8 Å². The van der Waals surface area contributed by atoms with E-state index in [2.05, 4.69) is 9.88 Å². The molecule has 1 aliphatic heterocycles. The maximum absolute atomic E-state index is 13.7. The van der Waals surface area contributed by atoms with E-state index in [1.165, 1.54) is 49.1 Å². The lowest BCUT2D eigenvalue weighted by atomic mass is 9.99. The number of nitrogens with one attached hydrogen (secondary N) is 1. The zero-order valence-electron chi connectivity index (χ0n) is 24.5. The van der Waals surface area contributed by atoms with E-state index >= 15 is 0 Å². The predicted octanol–water partition coefficient (Wildman–Crippen LogP) is 4.46. The monoisotopic (exact) mass is 624 g/mol. The number of hydrogen-bond acceptors (Lipinski definition) is 8. The molecule has 0 fully saturated rings. The Kier molecular flexibility index (Phi) is 9.42. The summed E-state index contributed by atoms with van der Waals surface area (Å²) in [7, 11) is -2.26. The molecule has 0 saturated carbocycles. The van der Waals surface area contributed by atoms with Gasteiger partial charge in [0.05, 0.1) is 23.8 Å². The number of rotatable bonds is 9. The molecule has 43 heavy (non-hydrogen) atoms. The molecule has 1 aliphatic rings. The van der Waals surface area contributed by atoms with Crippen molar-refractivity contribution in [2.24, 2.45) is 5.92 Å². The van der Waals surface area contributed by atoms with Crippen LogP contribution in [-0.2, 0) is 22.7 Å². The van der Waals surface area contributed by atoms with Gasteiger partial charge in [-0.3, -0.25) is 14.4 Å². The van der Waals surface area contributed by atoms with Gasteiger partial charge in [-0.05, 0) is 63.7 Å². The van der Waals surface area contributed by atoms with Gasteiger partial charge in [-0.2, -0.15) is 13.2 Å². The standard InChI is InChI=1S/C29H35F3N4O6S/c1-17-13-36(18(2)16-37)28(38)24-12-23(34-43(39,40)27-19(3)33-42-20(27)4)10-11-25(24)41-26(17)15-35(5)14-21-6-8-22(9-7-21)29(30,31)32/h6-12,17-18,26,34,37H,13-16H2,1-5H3/t17-,18-,26-/m0/s1. The molecule has 10 nitrogen and oxygen atoms in total. The Morgan fingerprint density at radius 3 is 2.44 bits per heavy atom. The molecule has 2 heterocycles. The van der Waals surface area contributed by atoms with Gasteiger partial charge in [0, 0.05) is 31.2 Å². The third-order valence-corrected chi connectivity index (χ3v) is 9.00. The van der Waals surface area contributed by atoms with E-state index in [1.54, 1.807) is 6.92 Å². The number of amides is 1. The van der Waals surface area contributed by atoms with Crippen molar-refractivity contribution in [3.63, 3.8) is 0 Å². The number of sulfonamides is 1. The summed E-state index contributed by atoms with van der Waals surface area (Å²) < 4.78 is 78.9. The Morgan fingerprint density at radius 2 is 1.86 bits per heavy atom. The number of benzene rings is 2. The number of fused-ring (bicyclic) bond motifs is 1. The van der Waals surface area contributed by atoms with Crippen molar-refractivity contribution in [3.8, 4) is 5.75 Å². The van der Waals surface area contributed by atoms with E-state index in [1.807, 2.05) is 18.9 Å². The molecule has 0 bridgehead atoms. The molecule has 1 aromatic heterocycles. The summed E-state index contributed by atoms with van der Waals surface area (Å²) in [4.78, 5) is 17.0. The van der Waals surface area contributed by atoms with Crippen molar-refractivity contribution in [2.75, 3.05) is 31.5 Å². The summed E-state index contributed by atoms with van der Waals surface area (Å²) in [6, 6.07) is 8.82. The lowest BCUT2D eigenvalue weighted by Crippen LogP contribution is -2.49. The third-order valence-electron chi connectivity index (χ3n) is 7.38. The largest absolute Gasteiger partial charge is 0.488 e. The minimum atomic E-state index is -4.41. The molecule has 14 heteroatoms. The number of aryl methyl sites for hydroxylation is 2. The number of anilines is 1. The first-order valence-electron chi connectivity index (χ1n) is 13.6. The first kappa shape index (κ1) is 32.3. The van der Waals surface area contributed by atoms with E-state index in [0.29, 0.717) is 18.7 Å². The number of likely N-dealkylation sites (N-methyl/N-ethyl adjacent to an activating group) is 1. The SMILES string of the molecule is Cc1noc(C)c1S(=O)(=O)Nc1ccc2c(c1)C(=O)N([C@@H](C)CO)C[C@H](C)[C@H](CN(C)Cc1ccc(C(F)(F)F)cc1)O2. The zero-order valence-corrected chi connectivity index (χ0v) is 25.3. The molecule has 0 spiro atoms. The van der Waals surface area contributed by atoms with Crippen LogP contribution in [0.3, 0.4) is 0 Å². The summed E-state index contributed by atoms with van der Waals surface area (Å²) in [5.74, 6) is -0.270. The summed E-state index contributed by atoms with van der Waals surface area (Å²) in [5, 5.41) is 13.6. The van der Waals surface area contributed by atoms with Crippen LogP contribution >= 0.6 is 0 Å². The predicted molar refractivity (Wildman–Crippen MR) is 152 cm³/mol. The number of aromatic nitrogens is 1. The van der Waals surface area contributed by atoms with E-state index < -0.39 is 39.8 Å². The summed E-state index contributed by atoms with van der Waals surface area (Å²) in [6.45, 7) is 7.30. The number of aliphatic hydroxyl groups is 1. The van der Waals surface area contributed by atoms with Gasteiger partial charge in [0.15, 0.2) is 10.7 Å². The fraction of sp³-hybridized carbons (Fsp3) is 0.448. The van der Waals surface area contributed by atoms with E-state index in [4.69, 9.17) is 9.26 Å². The Balaban J connectivity index is 1.61. The summed E-state index contributed by atoms with van der Waals surface area (Å²) in [5.41, 5.74) is 0.397. The number of aliphatic hydroxyl groups excluding tert-OH is 1. The van der Waals surface area contributed by atoms with E-state index in [0.717, 1.165) is 12.1 Å².